The monoisotopic (exact) mass is 237 g/mol. The largest absolute Gasteiger partial charge is 0.468 e. The number of rotatable bonds is 4. The number of carbonyl (C=O) groups is 2. The second-order valence-electron chi connectivity index (χ2n) is 4.57. The number of hydrogen-bond donors (Lipinski definition) is 0. The molecule has 0 saturated heterocycles. The van der Waals surface area contributed by atoms with Crippen LogP contribution >= 0.6 is 0 Å². The molecule has 0 radical (unpaired) electrons. The fourth-order valence-electron chi connectivity index (χ4n) is 2.51. The molecule has 94 valence electrons. The van der Waals surface area contributed by atoms with E-state index in [-0.39, 0.29) is 5.78 Å². The van der Waals surface area contributed by atoms with Crippen molar-refractivity contribution in [3.8, 4) is 6.07 Å². The van der Waals surface area contributed by atoms with Gasteiger partial charge < -0.3 is 4.74 Å². The van der Waals surface area contributed by atoms with Gasteiger partial charge in [-0.15, -0.1) is 0 Å². The van der Waals surface area contributed by atoms with E-state index in [0.717, 1.165) is 19.3 Å². The Morgan fingerprint density at radius 1 is 1.47 bits per heavy atom. The fraction of sp³-hybridized carbons (Fsp3) is 0.769. The van der Waals surface area contributed by atoms with Gasteiger partial charge in [-0.2, -0.15) is 5.26 Å². The van der Waals surface area contributed by atoms with E-state index in [1.165, 1.54) is 7.11 Å². The summed E-state index contributed by atoms with van der Waals surface area (Å²) < 4.78 is 4.81. The summed E-state index contributed by atoms with van der Waals surface area (Å²) >= 11 is 0. The standard InChI is InChI=1S/C13H19NO3/c1-17-12(16)13(9-5-6-10-14)8-4-2-3-7-11(13)15/h2-9H2,1H3. The summed E-state index contributed by atoms with van der Waals surface area (Å²) in [5.74, 6) is -0.415. The number of carbonyl (C=O) groups excluding carboxylic acids is 2. The molecule has 0 aromatic carbocycles. The van der Waals surface area contributed by atoms with Gasteiger partial charge in [0.25, 0.3) is 0 Å². The molecule has 4 nitrogen and oxygen atoms in total. The average molecular weight is 237 g/mol. The Morgan fingerprint density at radius 3 is 2.88 bits per heavy atom. The highest BCUT2D eigenvalue weighted by Gasteiger charge is 2.45. The van der Waals surface area contributed by atoms with Gasteiger partial charge in [-0.1, -0.05) is 12.8 Å². The molecule has 1 unspecified atom stereocenters. The van der Waals surface area contributed by atoms with Crippen LogP contribution in [0.1, 0.15) is 51.4 Å². The first kappa shape index (κ1) is 13.7. The van der Waals surface area contributed by atoms with Crippen molar-refractivity contribution in [2.45, 2.75) is 51.4 Å². The average Bonchev–Trinajstić information content (AvgIpc) is 2.52. The summed E-state index contributed by atoms with van der Waals surface area (Å²) in [6.45, 7) is 0. The summed E-state index contributed by atoms with van der Waals surface area (Å²) in [6, 6.07) is 2.05. The van der Waals surface area contributed by atoms with E-state index in [4.69, 9.17) is 10.00 Å². The topological polar surface area (TPSA) is 67.2 Å². The zero-order valence-corrected chi connectivity index (χ0v) is 10.3. The number of methoxy groups -OCH3 is 1. The van der Waals surface area contributed by atoms with Crippen LogP contribution in [-0.2, 0) is 14.3 Å². The van der Waals surface area contributed by atoms with Crippen LogP contribution in [-0.4, -0.2) is 18.9 Å². The van der Waals surface area contributed by atoms with Crippen LogP contribution in [0.15, 0.2) is 0 Å². The smallest absolute Gasteiger partial charge is 0.319 e. The van der Waals surface area contributed by atoms with E-state index < -0.39 is 11.4 Å². The van der Waals surface area contributed by atoms with Crippen molar-refractivity contribution in [3.63, 3.8) is 0 Å². The van der Waals surface area contributed by atoms with Gasteiger partial charge in [0.15, 0.2) is 0 Å². The molecule has 0 aromatic rings. The number of ether oxygens (including phenoxy) is 1. The van der Waals surface area contributed by atoms with E-state index >= 15 is 0 Å². The van der Waals surface area contributed by atoms with Crippen LogP contribution < -0.4 is 0 Å². The Hall–Kier alpha value is -1.37. The van der Waals surface area contributed by atoms with Crippen molar-refractivity contribution in [2.75, 3.05) is 7.11 Å². The highest BCUT2D eigenvalue weighted by atomic mass is 16.5. The maximum Gasteiger partial charge on any atom is 0.319 e. The molecule has 1 aliphatic carbocycles. The molecule has 1 rings (SSSR count). The van der Waals surface area contributed by atoms with Gasteiger partial charge in [-0.3, -0.25) is 9.59 Å². The van der Waals surface area contributed by atoms with Gasteiger partial charge in [0.05, 0.1) is 13.2 Å². The predicted molar refractivity (Wildman–Crippen MR) is 62.0 cm³/mol. The van der Waals surface area contributed by atoms with Gasteiger partial charge >= 0.3 is 5.97 Å². The van der Waals surface area contributed by atoms with Crippen LogP contribution in [0.3, 0.4) is 0 Å². The quantitative estimate of drug-likeness (QED) is 0.326. The van der Waals surface area contributed by atoms with Crippen LogP contribution in [0.2, 0.25) is 0 Å². The predicted octanol–water partition coefficient (Wildman–Crippen LogP) is 2.37. The number of ketones is 1. The van der Waals surface area contributed by atoms with Crippen molar-refractivity contribution in [3.05, 3.63) is 0 Å². The Kier molecular flexibility index (Phi) is 5.14. The summed E-state index contributed by atoms with van der Waals surface area (Å²) in [6.07, 6.45) is 5.17. The zero-order chi connectivity index (χ0) is 12.7. The number of nitrogens with zero attached hydrogens (tertiary/aromatic N) is 1. The minimum Gasteiger partial charge on any atom is -0.468 e. The van der Waals surface area contributed by atoms with Gasteiger partial charge in [0.1, 0.15) is 11.2 Å². The van der Waals surface area contributed by atoms with Gasteiger partial charge in [0, 0.05) is 12.8 Å². The first-order chi connectivity index (χ1) is 8.17. The normalized spacial score (nSPS) is 24.8. The van der Waals surface area contributed by atoms with Crippen LogP contribution in [0.5, 0.6) is 0 Å². The lowest BCUT2D eigenvalue weighted by Crippen LogP contribution is -2.39. The number of unbranched alkanes of at least 4 members (excludes halogenated alkanes) is 1. The third-order valence-electron chi connectivity index (χ3n) is 3.51. The third kappa shape index (κ3) is 3.06. The first-order valence-electron chi connectivity index (χ1n) is 6.16. The Morgan fingerprint density at radius 2 is 2.24 bits per heavy atom. The maximum atomic E-state index is 12.1. The molecule has 1 fully saturated rings. The van der Waals surface area contributed by atoms with Crippen molar-refractivity contribution < 1.29 is 14.3 Å². The van der Waals surface area contributed by atoms with Crippen LogP contribution in [0.25, 0.3) is 0 Å². The molecule has 0 N–H and O–H groups in total. The molecule has 0 bridgehead atoms. The number of esters is 1. The van der Waals surface area contributed by atoms with Crippen molar-refractivity contribution in [2.24, 2.45) is 5.41 Å². The number of nitriles is 1. The first-order valence-corrected chi connectivity index (χ1v) is 6.16. The molecule has 1 atom stereocenters. The van der Waals surface area contributed by atoms with E-state index in [1.807, 2.05) is 6.07 Å². The molecule has 0 aromatic heterocycles. The fourth-order valence-corrected chi connectivity index (χ4v) is 2.51. The van der Waals surface area contributed by atoms with Gasteiger partial charge in [-0.05, 0) is 25.7 Å². The van der Waals surface area contributed by atoms with E-state index in [1.54, 1.807) is 0 Å². The SMILES string of the molecule is COC(=O)C1(CCCC#N)CCCCCC1=O. The third-order valence-corrected chi connectivity index (χ3v) is 3.51. The maximum absolute atomic E-state index is 12.1. The summed E-state index contributed by atoms with van der Waals surface area (Å²) in [4.78, 5) is 24.1. The second-order valence-corrected chi connectivity index (χ2v) is 4.57. The minimum absolute atomic E-state index is 0.000195. The highest BCUT2D eigenvalue weighted by Crippen LogP contribution is 2.38. The van der Waals surface area contributed by atoms with Crippen molar-refractivity contribution in [1.82, 2.24) is 0 Å². The molecule has 0 aliphatic heterocycles. The second kappa shape index (κ2) is 6.39. The van der Waals surface area contributed by atoms with Crippen LogP contribution in [0, 0.1) is 16.7 Å². The Labute approximate surface area is 102 Å². The Balaban J connectivity index is 2.86. The highest BCUT2D eigenvalue weighted by molar-refractivity contribution is 6.03. The van der Waals surface area contributed by atoms with E-state index in [0.29, 0.717) is 32.1 Å². The lowest BCUT2D eigenvalue weighted by molar-refractivity contribution is -0.159. The van der Waals surface area contributed by atoms with E-state index in [2.05, 4.69) is 0 Å². The van der Waals surface area contributed by atoms with Crippen molar-refractivity contribution >= 4 is 11.8 Å². The van der Waals surface area contributed by atoms with E-state index in [9.17, 15) is 9.59 Å². The molecule has 0 spiro atoms. The van der Waals surface area contributed by atoms with Gasteiger partial charge in [0.2, 0.25) is 0 Å². The molecular formula is C13H19NO3. The number of Topliss-reactive ketones (excluding diaryl/α,β-unsaturated/α-hetero) is 1. The number of hydrogen-bond acceptors (Lipinski definition) is 4. The zero-order valence-electron chi connectivity index (χ0n) is 10.3. The summed E-state index contributed by atoms with van der Waals surface area (Å²) in [5, 5.41) is 8.55. The van der Waals surface area contributed by atoms with Crippen molar-refractivity contribution in [1.29, 1.82) is 5.26 Å². The lowest BCUT2D eigenvalue weighted by atomic mass is 9.75. The summed E-state index contributed by atoms with van der Waals surface area (Å²) in [7, 11) is 1.33. The minimum atomic E-state index is -0.970. The van der Waals surface area contributed by atoms with Gasteiger partial charge in [-0.25, -0.2) is 0 Å². The molecule has 1 saturated carbocycles. The lowest BCUT2D eigenvalue weighted by Gasteiger charge is -2.27. The molecule has 4 heteroatoms. The molecule has 1 aliphatic rings. The molecule has 17 heavy (non-hydrogen) atoms. The molecule has 0 amide bonds. The molecule has 0 heterocycles. The Bertz CT molecular complexity index is 332. The summed E-state index contributed by atoms with van der Waals surface area (Å²) in [5.41, 5.74) is -0.970. The molecular weight excluding hydrogens is 218 g/mol. The van der Waals surface area contributed by atoms with Crippen LogP contribution in [0.4, 0.5) is 0 Å².